The molecule has 0 aliphatic rings. The first-order valence-corrected chi connectivity index (χ1v) is 7.78. The van der Waals surface area contributed by atoms with Gasteiger partial charge >= 0.3 is 0 Å². The molecule has 0 radical (unpaired) electrons. The van der Waals surface area contributed by atoms with Gasteiger partial charge in [0, 0.05) is 13.1 Å². The fraction of sp³-hybridized carbons (Fsp3) is 0.538. The molecule has 1 N–H and O–H groups in total. The number of hydrogen-bond acceptors (Lipinski definition) is 3. The molecule has 0 heterocycles. The lowest BCUT2D eigenvalue weighted by Gasteiger charge is -2.10. The first-order chi connectivity index (χ1) is 8.43. The SMILES string of the molecule is CCCS(=O)(=O)NCc1ccc(CN(C)C)cc1. The van der Waals surface area contributed by atoms with Crippen LogP contribution in [0.1, 0.15) is 24.5 Å². The molecule has 5 heteroatoms. The van der Waals surface area contributed by atoms with E-state index in [-0.39, 0.29) is 5.75 Å². The average Bonchev–Trinajstić information content (AvgIpc) is 2.27. The van der Waals surface area contributed by atoms with E-state index in [0.29, 0.717) is 13.0 Å². The smallest absolute Gasteiger partial charge is 0.211 e. The highest BCUT2D eigenvalue weighted by Gasteiger charge is 2.07. The molecule has 0 saturated carbocycles. The maximum absolute atomic E-state index is 11.5. The molecule has 0 unspecified atom stereocenters. The van der Waals surface area contributed by atoms with Crippen LogP contribution in [-0.4, -0.2) is 33.2 Å². The minimum Gasteiger partial charge on any atom is -0.305 e. The van der Waals surface area contributed by atoms with Crippen LogP contribution in [0, 0.1) is 0 Å². The molecule has 1 rings (SSSR count). The van der Waals surface area contributed by atoms with E-state index in [9.17, 15) is 8.42 Å². The molecule has 0 fully saturated rings. The van der Waals surface area contributed by atoms with Crippen molar-refractivity contribution in [2.75, 3.05) is 19.8 Å². The molecular formula is C13H22N2O2S. The topological polar surface area (TPSA) is 49.4 Å². The summed E-state index contributed by atoms with van der Waals surface area (Å²) in [4.78, 5) is 2.10. The molecule has 18 heavy (non-hydrogen) atoms. The van der Waals surface area contributed by atoms with Crippen LogP contribution in [0.4, 0.5) is 0 Å². The monoisotopic (exact) mass is 270 g/mol. The number of sulfonamides is 1. The van der Waals surface area contributed by atoms with Crippen LogP contribution in [0.2, 0.25) is 0 Å². The Balaban J connectivity index is 2.54. The van der Waals surface area contributed by atoms with Crippen LogP contribution in [0.3, 0.4) is 0 Å². The Morgan fingerprint density at radius 2 is 1.67 bits per heavy atom. The molecule has 102 valence electrons. The highest BCUT2D eigenvalue weighted by atomic mass is 32.2. The summed E-state index contributed by atoms with van der Waals surface area (Å²) in [6.07, 6.45) is 0.636. The average molecular weight is 270 g/mol. The van der Waals surface area contributed by atoms with E-state index in [4.69, 9.17) is 0 Å². The molecular weight excluding hydrogens is 248 g/mol. The zero-order valence-corrected chi connectivity index (χ0v) is 12.1. The minimum atomic E-state index is -3.12. The van der Waals surface area contributed by atoms with E-state index in [1.165, 1.54) is 5.56 Å². The largest absolute Gasteiger partial charge is 0.305 e. The van der Waals surface area contributed by atoms with Gasteiger partial charge in [-0.1, -0.05) is 31.2 Å². The second kappa shape index (κ2) is 6.87. The lowest BCUT2D eigenvalue weighted by atomic mass is 10.1. The van der Waals surface area contributed by atoms with E-state index in [0.717, 1.165) is 12.1 Å². The van der Waals surface area contributed by atoms with Crippen molar-refractivity contribution in [2.24, 2.45) is 0 Å². The van der Waals surface area contributed by atoms with Gasteiger partial charge in [0.1, 0.15) is 0 Å². The van der Waals surface area contributed by atoms with E-state index in [2.05, 4.69) is 9.62 Å². The second-order valence-electron chi connectivity index (χ2n) is 4.69. The van der Waals surface area contributed by atoms with Crippen molar-refractivity contribution in [1.82, 2.24) is 9.62 Å². The zero-order chi connectivity index (χ0) is 13.6. The summed E-state index contributed by atoms with van der Waals surface area (Å²) in [7, 11) is 0.924. The number of benzene rings is 1. The molecule has 0 aromatic heterocycles. The van der Waals surface area contributed by atoms with Crippen molar-refractivity contribution in [1.29, 1.82) is 0 Å². The first kappa shape index (κ1) is 15.1. The quantitative estimate of drug-likeness (QED) is 0.818. The van der Waals surface area contributed by atoms with Crippen molar-refractivity contribution in [3.05, 3.63) is 35.4 Å². The molecule has 0 saturated heterocycles. The van der Waals surface area contributed by atoms with E-state index in [1.807, 2.05) is 45.3 Å². The standard InChI is InChI=1S/C13H22N2O2S/c1-4-9-18(16,17)14-10-12-5-7-13(8-6-12)11-15(2)3/h5-8,14H,4,9-11H2,1-3H3. The third-order valence-corrected chi connectivity index (χ3v) is 4.02. The van der Waals surface area contributed by atoms with Gasteiger partial charge in [0.25, 0.3) is 0 Å². The Kier molecular flexibility index (Phi) is 5.78. The van der Waals surface area contributed by atoms with Crippen LogP contribution in [0.15, 0.2) is 24.3 Å². The first-order valence-electron chi connectivity index (χ1n) is 6.13. The predicted octanol–water partition coefficient (Wildman–Crippen LogP) is 1.58. The van der Waals surface area contributed by atoms with E-state index in [1.54, 1.807) is 0 Å². The predicted molar refractivity (Wildman–Crippen MR) is 74.8 cm³/mol. The van der Waals surface area contributed by atoms with Crippen LogP contribution >= 0.6 is 0 Å². The third kappa shape index (κ3) is 5.62. The van der Waals surface area contributed by atoms with Crippen LogP contribution in [0.25, 0.3) is 0 Å². The molecule has 0 aliphatic heterocycles. The minimum absolute atomic E-state index is 0.186. The van der Waals surface area contributed by atoms with Crippen molar-refractivity contribution in [3.63, 3.8) is 0 Å². The summed E-state index contributed by atoms with van der Waals surface area (Å²) >= 11 is 0. The molecule has 1 aromatic carbocycles. The van der Waals surface area contributed by atoms with Crippen molar-refractivity contribution < 1.29 is 8.42 Å². The third-order valence-electron chi connectivity index (χ3n) is 2.49. The molecule has 0 atom stereocenters. The van der Waals surface area contributed by atoms with Crippen molar-refractivity contribution in [2.45, 2.75) is 26.4 Å². The Labute approximate surface area is 110 Å². The molecule has 4 nitrogen and oxygen atoms in total. The van der Waals surface area contributed by atoms with Gasteiger partial charge in [-0.15, -0.1) is 0 Å². The lowest BCUT2D eigenvalue weighted by molar-refractivity contribution is 0.402. The van der Waals surface area contributed by atoms with Gasteiger partial charge in [-0.25, -0.2) is 13.1 Å². The zero-order valence-electron chi connectivity index (χ0n) is 11.3. The van der Waals surface area contributed by atoms with Gasteiger partial charge in [0.15, 0.2) is 0 Å². The van der Waals surface area contributed by atoms with Gasteiger partial charge < -0.3 is 4.90 Å². The van der Waals surface area contributed by atoms with Gasteiger partial charge in [-0.2, -0.15) is 0 Å². The fourth-order valence-corrected chi connectivity index (χ4v) is 2.73. The normalized spacial score (nSPS) is 12.0. The fourth-order valence-electron chi connectivity index (χ4n) is 1.66. The number of nitrogens with zero attached hydrogens (tertiary/aromatic N) is 1. The van der Waals surface area contributed by atoms with Crippen LogP contribution in [0.5, 0.6) is 0 Å². The Morgan fingerprint density at radius 1 is 1.11 bits per heavy atom. The molecule has 0 amide bonds. The lowest BCUT2D eigenvalue weighted by Crippen LogP contribution is -2.25. The second-order valence-corrected chi connectivity index (χ2v) is 6.62. The summed E-state index contributed by atoms with van der Waals surface area (Å²) in [5, 5.41) is 0. The van der Waals surface area contributed by atoms with Gasteiger partial charge in [0.05, 0.1) is 5.75 Å². The van der Waals surface area contributed by atoms with Crippen molar-refractivity contribution in [3.8, 4) is 0 Å². The maximum Gasteiger partial charge on any atom is 0.211 e. The van der Waals surface area contributed by atoms with E-state index < -0.39 is 10.0 Å². The maximum atomic E-state index is 11.5. The summed E-state index contributed by atoms with van der Waals surface area (Å²) in [5.41, 5.74) is 2.21. The number of rotatable bonds is 7. The molecule has 0 bridgehead atoms. The summed E-state index contributed by atoms with van der Waals surface area (Å²) in [5.74, 6) is 0.186. The van der Waals surface area contributed by atoms with Gasteiger partial charge in [0.2, 0.25) is 10.0 Å². The summed E-state index contributed by atoms with van der Waals surface area (Å²) < 4.78 is 25.6. The molecule has 1 aromatic rings. The van der Waals surface area contributed by atoms with Gasteiger partial charge in [-0.05, 0) is 31.6 Å². The summed E-state index contributed by atoms with van der Waals surface area (Å²) in [6, 6.07) is 7.99. The van der Waals surface area contributed by atoms with Crippen molar-refractivity contribution >= 4 is 10.0 Å². The van der Waals surface area contributed by atoms with Crippen LogP contribution in [-0.2, 0) is 23.1 Å². The highest BCUT2D eigenvalue weighted by molar-refractivity contribution is 7.89. The van der Waals surface area contributed by atoms with E-state index >= 15 is 0 Å². The van der Waals surface area contributed by atoms with Gasteiger partial charge in [-0.3, -0.25) is 0 Å². The highest BCUT2D eigenvalue weighted by Crippen LogP contribution is 2.06. The number of hydrogen-bond donors (Lipinski definition) is 1. The van der Waals surface area contributed by atoms with Crippen LogP contribution < -0.4 is 4.72 Å². The summed E-state index contributed by atoms with van der Waals surface area (Å²) in [6.45, 7) is 3.11. The number of nitrogens with one attached hydrogen (secondary N) is 1. The Hall–Kier alpha value is -0.910. The Bertz CT molecular complexity index is 452. The molecule has 0 aliphatic carbocycles. The molecule has 0 spiro atoms. The Morgan fingerprint density at radius 3 is 2.17 bits per heavy atom.